The second kappa shape index (κ2) is 4.86. The minimum Gasteiger partial charge on any atom is -0.398 e. The molecule has 1 saturated heterocycles. The highest BCUT2D eigenvalue weighted by Gasteiger charge is 2.52. The number of hydrogen-bond acceptors (Lipinski definition) is 2. The molecule has 0 aromatic carbocycles. The Kier molecular flexibility index (Phi) is 3.84. The smallest absolute Gasteiger partial charge is 0.398 e. The van der Waals surface area contributed by atoms with Gasteiger partial charge in [0.2, 0.25) is 0 Å². The van der Waals surface area contributed by atoms with Crippen LogP contribution in [-0.4, -0.2) is 29.3 Å². The molecule has 0 radical (unpaired) electrons. The molecular formula is C12H17BBrF2NO2. The van der Waals surface area contributed by atoms with Crippen LogP contribution < -0.4 is 5.59 Å². The fourth-order valence-corrected chi connectivity index (χ4v) is 2.44. The summed E-state index contributed by atoms with van der Waals surface area (Å²) >= 11 is 3.27. The first-order valence-corrected chi connectivity index (χ1v) is 6.92. The van der Waals surface area contributed by atoms with Gasteiger partial charge in [-0.3, -0.25) is 0 Å². The first-order valence-electron chi connectivity index (χ1n) is 6.13. The lowest BCUT2D eigenvalue weighted by molar-refractivity contribution is 0.00578. The zero-order chi connectivity index (χ0) is 14.4. The van der Waals surface area contributed by atoms with Crippen LogP contribution in [0, 0.1) is 0 Å². The third-order valence-corrected chi connectivity index (χ3v) is 4.47. The van der Waals surface area contributed by atoms with Crippen molar-refractivity contribution in [2.24, 2.45) is 0 Å². The molecule has 0 aliphatic carbocycles. The maximum atomic E-state index is 12.6. The van der Waals surface area contributed by atoms with Crippen molar-refractivity contribution in [3.63, 3.8) is 0 Å². The van der Waals surface area contributed by atoms with Crippen molar-refractivity contribution in [2.45, 2.75) is 51.9 Å². The minimum absolute atomic E-state index is 0.382. The van der Waals surface area contributed by atoms with Crippen molar-refractivity contribution in [3.05, 3.63) is 16.7 Å². The molecule has 7 heteroatoms. The van der Waals surface area contributed by atoms with E-state index in [1.165, 1.54) is 4.57 Å². The van der Waals surface area contributed by atoms with Crippen molar-refractivity contribution >= 4 is 28.6 Å². The van der Waals surface area contributed by atoms with E-state index < -0.39 is 24.7 Å². The van der Waals surface area contributed by atoms with Gasteiger partial charge < -0.3 is 13.9 Å². The molecule has 1 fully saturated rings. The van der Waals surface area contributed by atoms with E-state index in [9.17, 15) is 8.78 Å². The number of nitrogens with zero attached hydrogens (tertiary/aromatic N) is 1. The van der Waals surface area contributed by atoms with E-state index in [0.29, 0.717) is 10.2 Å². The van der Waals surface area contributed by atoms with Crippen LogP contribution in [-0.2, 0) is 15.9 Å². The van der Waals surface area contributed by atoms with E-state index in [2.05, 4.69) is 15.9 Å². The zero-order valence-electron chi connectivity index (χ0n) is 11.4. The Hall–Kier alpha value is -0.395. The summed E-state index contributed by atoms with van der Waals surface area (Å²) in [6.07, 6.45) is -2.43. The highest BCUT2D eigenvalue weighted by molar-refractivity contribution is 9.10. The number of halogens is 3. The van der Waals surface area contributed by atoms with Crippen molar-refractivity contribution in [3.8, 4) is 0 Å². The van der Waals surface area contributed by atoms with Gasteiger partial charge in [-0.1, -0.05) is 0 Å². The number of hydrogen-bond donors (Lipinski definition) is 0. The van der Waals surface area contributed by atoms with Crippen LogP contribution in [0.4, 0.5) is 8.78 Å². The van der Waals surface area contributed by atoms with Gasteiger partial charge in [0, 0.05) is 5.59 Å². The summed E-state index contributed by atoms with van der Waals surface area (Å²) in [6, 6.07) is 3.47. The van der Waals surface area contributed by atoms with Gasteiger partial charge in [0.15, 0.2) is 0 Å². The van der Waals surface area contributed by atoms with Gasteiger partial charge in [-0.05, 0) is 55.8 Å². The quantitative estimate of drug-likeness (QED) is 0.793. The Labute approximate surface area is 120 Å². The third kappa shape index (κ3) is 2.73. The molecule has 2 rings (SSSR count). The van der Waals surface area contributed by atoms with Gasteiger partial charge in [-0.15, -0.1) is 0 Å². The minimum atomic E-state index is -2.43. The van der Waals surface area contributed by atoms with Crippen LogP contribution in [0.15, 0.2) is 16.7 Å². The van der Waals surface area contributed by atoms with Crippen LogP contribution >= 0.6 is 15.9 Å². The molecule has 0 atom stereocenters. The Morgan fingerprint density at radius 3 is 2.21 bits per heavy atom. The summed E-state index contributed by atoms with van der Waals surface area (Å²) in [6.45, 7) is 7.35. The SMILES string of the molecule is CC1(C)OB(c2ccc(Br)n2CC(F)F)OC1(C)C. The molecule has 1 aliphatic rings. The second-order valence-corrected chi connectivity index (χ2v) is 6.48. The van der Waals surface area contributed by atoms with Gasteiger partial charge in [0.05, 0.1) is 22.4 Å². The molecule has 19 heavy (non-hydrogen) atoms. The first-order chi connectivity index (χ1) is 8.64. The van der Waals surface area contributed by atoms with Crippen molar-refractivity contribution < 1.29 is 18.1 Å². The van der Waals surface area contributed by atoms with Crippen molar-refractivity contribution in [1.82, 2.24) is 4.57 Å². The van der Waals surface area contributed by atoms with E-state index in [0.717, 1.165) is 0 Å². The van der Waals surface area contributed by atoms with Gasteiger partial charge in [0.1, 0.15) is 0 Å². The summed E-state index contributed by atoms with van der Waals surface area (Å²) in [5.74, 6) is 0. The normalized spacial score (nSPS) is 21.4. The summed E-state index contributed by atoms with van der Waals surface area (Å²) in [5, 5.41) is 0. The first kappa shape index (κ1) is 15.0. The summed E-state index contributed by atoms with van der Waals surface area (Å²) in [5.41, 5.74) is -0.362. The molecule has 106 valence electrons. The summed E-state index contributed by atoms with van der Waals surface area (Å²) < 4.78 is 39.1. The predicted molar refractivity (Wildman–Crippen MR) is 73.9 cm³/mol. The topological polar surface area (TPSA) is 23.4 Å². The van der Waals surface area contributed by atoms with Crippen molar-refractivity contribution in [2.75, 3.05) is 0 Å². The van der Waals surface area contributed by atoms with Crippen LogP contribution in [0.3, 0.4) is 0 Å². The fraction of sp³-hybridized carbons (Fsp3) is 0.667. The van der Waals surface area contributed by atoms with Crippen molar-refractivity contribution in [1.29, 1.82) is 0 Å². The molecule has 1 aromatic rings. The van der Waals surface area contributed by atoms with Gasteiger partial charge in [0.25, 0.3) is 6.43 Å². The Morgan fingerprint density at radius 1 is 1.21 bits per heavy atom. The molecule has 1 aromatic heterocycles. The molecule has 3 nitrogen and oxygen atoms in total. The van der Waals surface area contributed by atoms with Crippen LogP contribution in [0.2, 0.25) is 0 Å². The van der Waals surface area contributed by atoms with Crippen LogP contribution in [0.25, 0.3) is 0 Å². The average Bonchev–Trinajstić information content (AvgIpc) is 2.67. The molecule has 1 aliphatic heterocycles. The molecule has 2 heterocycles. The summed E-state index contributed by atoms with van der Waals surface area (Å²) in [7, 11) is -0.630. The van der Waals surface area contributed by atoms with Gasteiger partial charge in [-0.25, -0.2) is 8.78 Å². The molecule has 0 unspecified atom stereocenters. The van der Waals surface area contributed by atoms with E-state index in [1.807, 2.05) is 27.7 Å². The maximum absolute atomic E-state index is 12.6. The molecule has 0 spiro atoms. The molecule has 0 bridgehead atoms. The van der Waals surface area contributed by atoms with Gasteiger partial charge in [-0.2, -0.15) is 0 Å². The monoisotopic (exact) mass is 335 g/mol. The van der Waals surface area contributed by atoms with E-state index in [1.54, 1.807) is 12.1 Å². The lowest BCUT2D eigenvalue weighted by atomic mass is 9.84. The Bertz CT molecular complexity index is 460. The summed E-state index contributed by atoms with van der Waals surface area (Å²) in [4.78, 5) is 0. The third-order valence-electron chi connectivity index (χ3n) is 3.78. The Balaban J connectivity index is 2.30. The largest absolute Gasteiger partial charge is 0.512 e. The highest BCUT2D eigenvalue weighted by Crippen LogP contribution is 2.36. The molecular weight excluding hydrogens is 319 g/mol. The van der Waals surface area contributed by atoms with Crippen LogP contribution in [0.1, 0.15) is 27.7 Å². The molecule has 0 amide bonds. The second-order valence-electron chi connectivity index (χ2n) is 5.67. The maximum Gasteiger partial charge on any atom is 0.512 e. The predicted octanol–water partition coefficient (Wildman–Crippen LogP) is 2.81. The van der Waals surface area contributed by atoms with Crippen LogP contribution in [0.5, 0.6) is 0 Å². The number of alkyl halides is 2. The van der Waals surface area contributed by atoms with E-state index in [4.69, 9.17) is 9.31 Å². The zero-order valence-corrected chi connectivity index (χ0v) is 13.0. The number of aromatic nitrogens is 1. The van der Waals surface area contributed by atoms with Gasteiger partial charge >= 0.3 is 7.12 Å². The lowest BCUT2D eigenvalue weighted by Crippen LogP contribution is -2.41. The van der Waals surface area contributed by atoms with E-state index >= 15 is 0 Å². The molecule has 0 saturated carbocycles. The molecule has 0 N–H and O–H groups in total. The standard InChI is InChI=1S/C12H17BBrF2NO2/c1-11(2)12(3,4)19-13(18-11)8-5-6-9(14)17(8)7-10(15)16/h5-6,10H,7H2,1-4H3. The fourth-order valence-electron chi connectivity index (χ4n) is 1.96. The Morgan fingerprint density at radius 2 is 1.74 bits per heavy atom. The lowest BCUT2D eigenvalue weighted by Gasteiger charge is -2.32. The average molecular weight is 336 g/mol. The number of rotatable bonds is 3. The van der Waals surface area contributed by atoms with E-state index in [-0.39, 0.29) is 6.54 Å². The highest BCUT2D eigenvalue weighted by atomic mass is 79.9.